The highest BCUT2D eigenvalue weighted by Gasteiger charge is 2.11. The van der Waals surface area contributed by atoms with E-state index in [9.17, 15) is 0 Å². The second kappa shape index (κ2) is 6.27. The predicted molar refractivity (Wildman–Crippen MR) is 72.1 cm³/mol. The molecule has 0 saturated carbocycles. The predicted octanol–water partition coefficient (Wildman–Crippen LogP) is 2.77. The van der Waals surface area contributed by atoms with Crippen molar-refractivity contribution in [3.8, 4) is 5.75 Å². The van der Waals surface area contributed by atoms with Crippen molar-refractivity contribution in [2.75, 3.05) is 19.7 Å². The Morgan fingerprint density at radius 1 is 1.41 bits per heavy atom. The largest absolute Gasteiger partial charge is 0.493 e. The molecule has 0 aromatic heterocycles. The van der Waals surface area contributed by atoms with Crippen LogP contribution in [0, 0.1) is 0 Å². The number of hydrogen-bond donors (Lipinski definition) is 1. The molecule has 2 nitrogen and oxygen atoms in total. The number of rotatable bonds is 6. The van der Waals surface area contributed by atoms with E-state index < -0.39 is 0 Å². The average molecular weight is 254 g/mol. The molecular weight excluding hydrogens is 234 g/mol. The molecule has 3 heteroatoms. The van der Waals surface area contributed by atoms with E-state index in [0.29, 0.717) is 0 Å². The van der Waals surface area contributed by atoms with Crippen LogP contribution in [0.25, 0.3) is 0 Å². The van der Waals surface area contributed by atoms with E-state index in [0.717, 1.165) is 44.7 Å². The topological polar surface area (TPSA) is 21.3 Å². The molecule has 94 valence electrons. The van der Waals surface area contributed by atoms with E-state index in [-0.39, 0.29) is 5.38 Å². The number of benzene rings is 1. The lowest BCUT2D eigenvalue weighted by atomic mass is 10.1. The molecule has 17 heavy (non-hydrogen) atoms. The zero-order chi connectivity index (χ0) is 12.1. The third-order valence-corrected chi connectivity index (χ3v) is 3.28. The van der Waals surface area contributed by atoms with Gasteiger partial charge in [0, 0.05) is 11.8 Å². The first-order valence-corrected chi connectivity index (χ1v) is 6.79. The normalized spacial score (nSPS) is 15.4. The third kappa shape index (κ3) is 3.90. The second-order valence-corrected chi connectivity index (χ2v) is 5.36. The van der Waals surface area contributed by atoms with Gasteiger partial charge in [-0.25, -0.2) is 0 Å². The first-order chi connectivity index (χ1) is 8.25. The zero-order valence-corrected chi connectivity index (χ0v) is 11.1. The molecule has 0 spiro atoms. The highest BCUT2D eigenvalue weighted by Crippen LogP contribution is 2.25. The van der Waals surface area contributed by atoms with E-state index >= 15 is 0 Å². The van der Waals surface area contributed by atoms with Crippen LogP contribution in [0.4, 0.5) is 0 Å². The summed E-state index contributed by atoms with van der Waals surface area (Å²) in [6, 6.07) is 6.53. The quantitative estimate of drug-likeness (QED) is 0.622. The van der Waals surface area contributed by atoms with Gasteiger partial charge < -0.3 is 10.1 Å². The number of hydrogen-bond acceptors (Lipinski definition) is 2. The lowest BCUT2D eigenvalue weighted by Gasteiger charge is -2.07. The summed E-state index contributed by atoms with van der Waals surface area (Å²) in [6.07, 6.45) is 3.16. The molecule has 1 aromatic carbocycles. The fraction of sp³-hybridized carbons (Fsp3) is 0.571. The van der Waals surface area contributed by atoms with Crippen LogP contribution in [0.2, 0.25) is 0 Å². The van der Waals surface area contributed by atoms with Gasteiger partial charge in [-0.2, -0.15) is 0 Å². The van der Waals surface area contributed by atoms with Gasteiger partial charge in [0.05, 0.1) is 6.61 Å². The lowest BCUT2D eigenvalue weighted by Crippen LogP contribution is -2.20. The van der Waals surface area contributed by atoms with Crippen molar-refractivity contribution in [2.24, 2.45) is 0 Å². The van der Waals surface area contributed by atoms with Crippen molar-refractivity contribution in [3.63, 3.8) is 0 Å². The summed E-state index contributed by atoms with van der Waals surface area (Å²) in [5, 5.41) is 3.68. The second-order valence-electron chi connectivity index (χ2n) is 4.61. The van der Waals surface area contributed by atoms with Crippen LogP contribution in [0.5, 0.6) is 5.75 Å². The minimum absolute atomic E-state index is 0.264. The maximum absolute atomic E-state index is 5.88. The van der Waals surface area contributed by atoms with Gasteiger partial charge in [-0.05, 0) is 50.0 Å². The number of alkyl halides is 1. The molecule has 0 saturated heterocycles. The standard InChI is InChI=1S/C14H20ClNO/c1-11(15)4-7-16-8-5-12-2-3-14-13(10-12)6-9-17-14/h2-3,10-11,16H,4-9H2,1H3. The van der Waals surface area contributed by atoms with Gasteiger partial charge in [0.15, 0.2) is 0 Å². The van der Waals surface area contributed by atoms with Crippen molar-refractivity contribution in [3.05, 3.63) is 29.3 Å². The zero-order valence-electron chi connectivity index (χ0n) is 10.3. The summed E-state index contributed by atoms with van der Waals surface area (Å²) < 4.78 is 5.49. The Kier molecular flexibility index (Phi) is 4.69. The Morgan fingerprint density at radius 3 is 3.12 bits per heavy atom. The molecule has 0 fully saturated rings. The smallest absolute Gasteiger partial charge is 0.122 e. The Labute approximate surface area is 108 Å². The summed E-state index contributed by atoms with van der Waals surface area (Å²) in [5.41, 5.74) is 2.75. The van der Waals surface area contributed by atoms with Crippen LogP contribution in [0.15, 0.2) is 18.2 Å². The summed E-state index contributed by atoms with van der Waals surface area (Å²) in [5.74, 6) is 1.07. The van der Waals surface area contributed by atoms with Gasteiger partial charge in [-0.3, -0.25) is 0 Å². The molecule has 1 N–H and O–H groups in total. The van der Waals surface area contributed by atoms with E-state index in [1.54, 1.807) is 0 Å². The monoisotopic (exact) mass is 253 g/mol. The van der Waals surface area contributed by atoms with Gasteiger partial charge in [0.25, 0.3) is 0 Å². The molecule has 0 aliphatic carbocycles. The van der Waals surface area contributed by atoms with Crippen molar-refractivity contribution in [1.29, 1.82) is 0 Å². The van der Waals surface area contributed by atoms with E-state index in [4.69, 9.17) is 16.3 Å². The fourth-order valence-corrected chi connectivity index (χ4v) is 2.16. The first kappa shape index (κ1) is 12.7. The van der Waals surface area contributed by atoms with Gasteiger partial charge in [-0.15, -0.1) is 11.6 Å². The van der Waals surface area contributed by atoms with Crippen LogP contribution < -0.4 is 10.1 Å². The van der Waals surface area contributed by atoms with Crippen LogP contribution in [-0.4, -0.2) is 25.1 Å². The summed E-state index contributed by atoms with van der Waals surface area (Å²) in [4.78, 5) is 0. The Balaban J connectivity index is 1.72. The molecule has 1 heterocycles. The van der Waals surface area contributed by atoms with E-state index in [2.05, 4.69) is 23.5 Å². The van der Waals surface area contributed by atoms with E-state index in [1.807, 2.05) is 6.92 Å². The van der Waals surface area contributed by atoms with Crippen molar-refractivity contribution in [2.45, 2.75) is 31.6 Å². The maximum Gasteiger partial charge on any atom is 0.122 e. The van der Waals surface area contributed by atoms with Crippen LogP contribution in [0.3, 0.4) is 0 Å². The molecule has 0 bridgehead atoms. The number of halogens is 1. The van der Waals surface area contributed by atoms with Gasteiger partial charge in [0.1, 0.15) is 5.75 Å². The third-order valence-electron chi connectivity index (χ3n) is 3.06. The van der Waals surface area contributed by atoms with Gasteiger partial charge in [-0.1, -0.05) is 12.1 Å². The molecular formula is C14H20ClNO. The Bertz CT molecular complexity index is 365. The van der Waals surface area contributed by atoms with Crippen LogP contribution >= 0.6 is 11.6 Å². The number of nitrogens with one attached hydrogen (secondary N) is 1. The lowest BCUT2D eigenvalue weighted by molar-refractivity contribution is 0.357. The SMILES string of the molecule is CC(Cl)CCNCCc1ccc2c(c1)CCO2. The van der Waals surface area contributed by atoms with Gasteiger partial charge >= 0.3 is 0 Å². The van der Waals surface area contributed by atoms with Crippen molar-refractivity contribution in [1.82, 2.24) is 5.32 Å². The van der Waals surface area contributed by atoms with E-state index in [1.165, 1.54) is 11.1 Å². The summed E-state index contributed by atoms with van der Waals surface area (Å²) in [6.45, 7) is 4.89. The number of fused-ring (bicyclic) bond motifs is 1. The molecule has 1 aromatic rings. The summed E-state index contributed by atoms with van der Waals surface area (Å²) in [7, 11) is 0. The summed E-state index contributed by atoms with van der Waals surface area (Å²) >= 11 is 5.88. The maximum atomic E-state index is 5.88. The van der Waals surface area contributed by atoms with Crippen molar-refractivity contribution >= 4 is 11.6 Å². The molecule has 0 radical (unpaired) electrons. The molecule has 1 aliphatic rings. The Morgan fingerprint density at radius 2 is 2.29 bits per heavy atom. The first-order valence-electron chi connectivity index (χ1n) is 6.35. The highest BCUT2D eigenvalue weighted by atomic mass is 35.5. The molecule has 1 atom stereocenters. The fourth-order valence-electron chi connectivity index (χ4n) is 2.05. The molecule has 0 amide bonds. The van der Waals surface area contributed by atoms with Crippen LogP contribution in [0.1, 0.15) is 24.5 Å². The average Bonchev–Trinajstić information content (AvgIpc) is 2.75. The minimum Gasteiger partial charge on any atom is -0.493 e. The van der Waals surface area contributed by atoms with Gasteiger partial charge in [0.2, 0.25) is 0 Å². The molecule has 1 aliphatic heterocycles. The van der Waals surface area contributed by atoms with Crippen LogP contribution in [-0.2, 0) is 12.8 Å². The number of ether oxygens (including phenoxy) is 1. The molecule has 1 unspecified atom stereocenters. The van der Waals surface area contributed by atoms with Crippen molar-refractivity contribution < 1.29 is 4.74 Å². The Hall–Kier alpha value is -0.730. The minimum atomic E-state index is 0.264. The molecule has 2 rings (SSSR count). The highest BCUT2D eigenvalue weighted by molar-refractivity contribution is 6.20.